The number of nitrogens with two attached hydrogens (primary N) is 1. The van der Waals surface area contributed by atoms with E-state index < -0.39 is 0 Å². The first-order valence-corrected chi connectivity index (χ1v) is 4.00. The molecule has 13 heavy (non-hydrogen) atoms. The fourth-order valence-electron chi connectivity index (χ4n) is 1.26. The maximum absolute atomic E-state index is 11.1. The van der Waals surface area contributed by atoms with Gasteiger partial charge in [0, 0.05) is 5.69 Å². The van der Waals surface area contributed by atoms with Crippen LogP contribution in [-0.4, -0.2) is 12.6 Å². The highest BCUT2D eigenvalue weighted by molar-refractivity contribution is 6.18. The topological polar surface area (TPSA) is 52.3 Å². The lowest BCUT2D eigenvalue weighted by Crippen LogP contribution is -1.98. The quantitative estimate of drug-likeness (QED) is 0.515. The monoisotopic (exact) mass is 175 g/mol. The Kier molecular flexibility index (Phi) is 1.77. The smallest absolute Gasteiger partial charge is 0.338 e. The van der Waals surface area contributed by atoms with Gasteiger partial charge in [0.15, 0.2) is 0 Å². The van der Waals surface area contributed by atoms with Crippen LogP contribution in [0.3, 0.4) is 0 Å². The van der Waals surface area contributed by atoms with Crippen molar-refractivity contribution in [1.29, 1.82) is 0 Å². The van der Waals surface area contributed by atoms with Crippen LogP contribution >= 0.6 is 0 Å². The maximum Gasteiger partial charge on any atom is 0.338 e. The summed E-state index contributed by atoms with van der Waals surface area (Å²) in [5.41, 5.74) is 7.70. The predicted molar refractivity (Wildman–Crippen MR) is 49.8 cm³/mol. The average Bonchev–Trinajstić information content (AvgIpc) is 2.53. The number of carbonyl (C=O) groups is 1. The highest BCUT2D eigenvalue weighted by atomic mass is 16.5. The van der Waals surface area contributed by atoms with E-state index >= 15 is 0 Å². The number of nitrogen functional groups attached to an aromatic ring is 1. The molecular formula is C10H9NO2. The van der Waals surface area contributed by atoms with Crippen molar-refractivity contribution >= 4 is 17.2 Å². The highest BCUT2D eigenvalue weighted by Crippen LogP contribution is 2.20. The van der Waals surface area contributed by atoms with Crippen molar-refractivity contribution < 1.29 is 9.53 Å². The van der Waals surface area contributed by atoms with E-state index in [4.69, 9.17) is 10.5 Å². The van der Waals surface area contributed by atoms with Crippen molar-refractivity contribution in [3.05, 3.63) is 35.9 Å². The van der Waals surface area contributed by atoms with Gasteiger partial charge in [-0.05, 0) is 23.8 Å². The van der Waals surface area contributed by atoms with E-state index in [1.54, 1.807) is 18.2 Å². The molecule has 0 saturated heterocycles. The summed E-state index contributed by atoms with van der Waals surface area (Å²) in [6, 6.07) is 7.16. The molecule has 66 valence electrons. The van der Waals surface area contributed by atoms with Crippen molar-refractivity contribution in [1.82, 2.24) is 0 Å². The van der Waals surface area contributed by atoms with E-state index in [0.717, 1.165) is 5.56 Å². The fourth-order valence-corrected chi connectivity index (χ4v) is 1.26. The molecule has 1 aromatic carbocycles. The van der Waals surface area contributed by atoms with Gasteiger partial charge in [-0.15, -0.1) is 0 Å². The number of rotatable bonds is 1. The van der Waals surface area contributed by atoms with E-state index in [2.05, 4.69) is 0 Å². The van der Waals surface area contributed by atoms with Crippen molar-refractivity contribution in [2.75, 3.05) is 12.3 Å². The van der Waals surface area contributed by atoms with Crippen LogP contribution in [0.2, 0.25) is 0 Å². The van der Waals surface area contributed by atoms with Gasteiger partial charge in [0.05, 0.1) is 5.57 Å². The van der Waals surface area contributed by atoms with Crippen LogP contribution in [-0.2, 0) is 9.53 Å². The summed E-state index contributed by atoms with van der Waals surface area (Å²) >= 11 is 0. The van der Waals surface area contributed by atoms with Gasteiger partial charge >= 0.3 is 5.97 Å². The molecule has 3 heteroatoms. The molecule has 0 aromatic heterocycles. The molecule has 1 aromatic rings. The lowest BCUT2D eigenvalue weighted by molar-refractivity contribution is -0.133. The van der Waals surface area contributed by atoms with E-state index in [9.17, 15) is 4.79 Å². The van der Waals surface area contributed by atoms with Gasteiger partial charge in [0.1, 0.15) is 6.61 Å². The Morgan fingerprint density at radius 1 is 1.23 bits per heavy atom. The van der Waals surface area contributed by atoms with Crippen LogP contribution in [0.4, 0.5) is 5.69 Å². The number of carbonyl (C=O) groups excluding carboxylic acids is 1. The molecule has 0 unspecified atom stereocenters. The second kappa shape index (κ2) is 2.94. The zero-order chi connectivity index (χ0) is 9.26. The molecule has 0 fully saturated rings. The number of esters is 1. The molecule has 1 heterocycles. The van der Waals surface area contributed by atoms with Crippen molar-refractivity contribution in [3.63, 3.8) is 0 Å². The Labute approximate surface area is 75.8 Å². The molecular weight excluding hydrogens is 166 g/mol. The molecule has 0 aliphatic carbocycles. The van der Waals surface area contributed by atoms with Crippen molar-refractivity contribution in [2.24, 2.45) is 0 Å². The third kappa shape index (κ3) is 1.40. The van der Waals surface area contributed by atoms with Crippen molar-refractivity contribution in [3.8, 4) is 0 Å². The van der Waals surface area contributed by atoms with Gasteiger partial charge in [-0.2, -0.15) is 0 Å². The first-order chi connectivity index (χ1) is 6.27. The first kappa shape index (κ1) is 7.86. The summed E-state index contributed by atoms with van der Waals surface area (Å²) in [5.74, 6) is -0.259. The summed E-state index contributed by atoms with van der Waals surface area (Å²) in [6.07, 6.45) is 1.77. The molecule has 0 amide bonds. The first-order valence-electron chi connectivity index (χ1n) is 4.00. The molecule has 1 aliphatic heterocycles. The Balaban J connectivity index is 2.36. The second-order valence-corrected chi connectivity index (χ2v) is 2.84. The van der Waals surface area contributed by atoms with Gasteiger partial charge in [-0.25, -0.2) is 4.79 Å². The van der Waals surface area contributed by atoms with E-state index in [1.807, 2.05) is 12.1 Å². The third-order valence-electron chi connectivity index (χ3n) is 1.94. The lowest BCUT2D eigenvalue weighted by Gasteiger charge is -1.99. The van der Waals surface area contributed by atoms with Gasteiger partial charge in [0.2, 0.25) is 0 Å². The Morgan fingerprint density at radius 3 is 2.46 bits per heavy atom. The molecule has 0 radical (unpaired) electrons. The molecule has 2 N–H and O–H groups in total. The molecule has 0 bridgehead atoms. The normalized spacial score (nSPS) is 15.4. The van der Waals surface area contributed by atoms with Gasteiger partial charge < -0.3 is 10.5 Å². The summed E-state index contributed by atoms with van der Waals surface area (Å²) in [7, 11) is 0. The van der Waals surface area contributed by atoms with Crippen LogP contribution < -0.4 is 5.73 Å². The zero-order valence-corrected chi connectivity index (χ0v) is 6.99. The molecule has 3 nitrogen and oxygen atoms in total. The van der Waals surface area contributed by atoms with E-state index in [1.165, 1.54) is 0 Å². The van der Waals surface area contributed by atoms with Crippen LogP contribution in [0.15, 0.2) is 30.3 Å². The third-order valence-corrected chi connectivity index (χ3v) is 1.94. The number of ether oxygens (including phenoxy) is 1. The standard InChI is InChI=1S/C10H9NO2/c11-8-3-1-7(2-4-8)9-5-6-13-10(9)12/h1-5H,6,11H2. The van der Waals surface area contributed by atoms with Crippen LogP contribution in [0.1, 0.15) is 5.56 Å². The van der Waals surface area contributed by atoms with Gasteiger partial charge in [0.25, 0.3) is 0 Å². The molecule has 1 aliphatic rings. The number of benzene rings is 1. The minimum absolute atomic E-state index is 0.259. The maximum atomic E-state index is 11.1. The Bertz CT molecular complexity index is 365. The molecule has 0 saturated carbocycles. The van der Waals surface area contributed by atoms with E-state index in [0.29, 0.717) is 17.9 Å². The number of anilines is 1. The fraction of sp³-hybridized carbons (Fsp3) is 0.100. The number of hydrogen-bond acceptors (Lipinski definition) is 3. The van der Waals surface area contributed by atoms with Gasteiger partial charge in [-0.3, -0.25) is 0 Å². The predicted octanol–water partition coefficient (Wildman–Crippen LogP) is 1.21. The largest absolute Gasteiger partial charge is 0.458 e. The summed E-state index contributed by atoms with van der Waals surface area (Å²) < 4.78 is 4.79. The number of cyclic esters (lactones) is 1. The summed E-state index contributed by atoms with van der Waals surface area (Å²) in [6.45, 7) is 0.374. The van der Waals surface area contributed by atoms with Crippen LogP contribution in [0.25, 0.3) is 5.57 Å². The SMILES string of the molecule is Nc1ccc(C2=CCOC2=O)cc1. The molecule has 0 atom stereocenters. The lowest BCUT2D eigenvalue weighted by atomic mass is 10.1. The molecule has 0 spiro atoms. The Morgan fingerprint density at radius 2 is 1.92 bits per heavy atom. The van der Waals surface area contributed by atoms with Crippen LogP contribution in [0.5, 0.6) is 0 Å². The summed E-state index contributed by atoms with van der Waals surface area (Å²) in [5, 5.41) is 0. The highest BCUT2D eigenvalue weighted by Gasteiger charge is 2.17. The van der Waals surface area contributed by atoms with Crippen LogP contribution in [0, 0.1) is 0 Å². The summed E-state index contributed by atoms with van der Waals surface area (Å²) in [4.78, 5) is 11.1. The second-order valence-electron chi connectivity index (χ2n) is 2.84. The average molecular weight is 175 g/mol. The van der Waals surface area contributed by atoms with Crippen molar-refractivity contribution in [2.45, 2.75) is 0 Å². The molecule has 2 rings (SSSR count). The minimum atomic E-state index is -0.259. The Hall–Kier alpha value is -1.77. The van der Waals surface area contributed by atoms with E-state index in [-0.39, 0.29) is 5.97 Å². The van der Waals surface area contributed by atoms with Gasteiger partial charge in [-0.1, -0.05) is 12.1 Å². The zero-order valence-electron chi connectivity index (χ0n) is 6.99. The minimum Gasteiger partial charge on any atom is -0.458 e. The number of hydrogen-bond donors (Lipinski definition) is 1.